The van der Waals surface area contributed by atoms with Crippen LogP contribution in [0.2, 0.25) is 0 Å². The van der Waals surface area contributed by atoms with Crippen LogP contribution in [0.15, 0.2) is 16.6 Å². The van der Waals surface area contributed by atoms with E-state index in [1.54, 1.807) is 0 Å². The maximum Gasteiger partial charge on any atom is 0.171 e. The summed E-state index contributed by atoms with van der Waals surface area (Å²) in [5.41, 5.74) is 3.55. The Morgan fingerprint density at radius 3 is 2.14 bits per heavy atom. The molecule has 116 valence electrons. The predicted molar refractivity (Wildman–Crippen MR) is 99.1 cm³/mol. The zero-order chi connectivity index (χ0) is 15.2. The molecule has 4 heteroatoms. The van der Waals surface area contributed by atoms with Gasteiger partial charge >= 0.3 is 0 Å². The van der Waals surface area contributed by atoms with E-state index in [4.69, 9.17) is 12.2 Å². The minimum atomic E-state index is 0.529. The number of hydrogen-bond donors (Lipinski definition) is 2. The van der Waals surface area contributed by atoms with Crippen molar-refractivity contribution < 1.29 is 0 Å². The van der Waals surface area contributed by atoms with Crippen LogP contribution in [0.4, 0.5) is 5.69 Å². The second-order valence-corrected chi connectivity index (χ2v) is 7.38. The van der Waals surface area contributed by atoms with Crippen LogP contribution in [0.25, 0.3) is 0 Å². The van der Waals surface area contributed by atoms with Crippen LogP contribution < -0.4 is 10.6 Å². The van der Waals surface area contributed by atoms with E-state index in [-0.39, 0.29) is 0 Å². The van der Waals surface area contributed by atoms with Crippen LogP contribution in [0.5, 0.6) is 0 Å². The molecule has 0 spiro atoms. The van der Waals surface area contributed by atoms with Crippen molar-refractivity contribution in [3.8, 4) is 0 Å². The van der Waals surface area contributed by atoms with Crippen molar-refractivity contribution in [1.82, 2.24) is 5.32 Å². The summed E-state index contributed by atoms with van der Waals surface area (Å²) in [7, 11) is 0. The third kappa shape index (κ3) is 5.26. The van der Waals surface area contributed by atoms with Gasteiger partial charge < -0.3 is 10.6 Å². The second-order valence-electron chi connectivity index (χ2n) is 6.06. The molecule has 0 aromatic heterocycles. The number of halogens is 1. The van der Waals surface area contributed by atoms with Gasteiger partial charge in [0, 0.05) is 16.2 Å². The lowest BCUT2D eigenvalue weighted by atomic mass is 9.97. The molecule has 0 atom stereocenters. The topological polar surface area (TPSA) is 24.1 Å². The van der Waals surface area contributed by atoms with Gasteiger partial charge in [0.1, 0.15) is 0 Å². The molecule has 1 fully saturated rings. The van der Waals surface area contributed by atoms with Gasteiger partial charge in [0.05, 0.1) is 0 Å². The molecule has 0 heterocycles. The quantitative estimate of drug-likeness (QED) is 0.677. The smallest absolute Gasteiger partial charge is 0.171 e. The Morgan fingerprint density at radius 2 is 1.57 bits per heavy atom. The first-order valence-corrected chi connectivity index (χ1v) is 9.10. The fraction of sp³-hybridized carbons (Fsp3) is 0.588. The monoisotopic (exact) mass is 368 g/mol. The minimum absolute atomic E-state index is 0.529. The van der Waals surface area contributed by atoms with Gasteiger partial charge in [0.25, 0.3) is 0 Å². The lowest BCUT2D eigenvalue weighted by molar-refractivity contribution is 0.430. The predicted octanol–water partition coefficient (Wildman–Crippen LogP) is 5.47. The Balaban J connectivity index is 1.95. The minimum Gasteiger partial charge on any atom is -0.360 e. The second kappa shape index (κ2) is 8.14. The van der Waals surface area contributed by atoms with E-state index >= 15 is 0 Å². The maximum atomic E-state index is 5.51. The molecule has 0 bridgehead atoms. The molecular weight excluding hydrogens is 344 g/mol. The summed E-state index contributed by atoms with van der Waals surface area (Å²) in [6.45, 7) is 4.22. The first-order valence-electron chi connectivity index (χ1n) is 7.90. The maximum absolute atomic E-state index is 5.51. The van der Waals surface area contributed by atoms with E-state index in [1.807, 2.05) is 0 Å². The Morgan fingerprint density at radius 1 is 1.05 bits per heavy atom. The number of anilines is 1. The molecule has 0 unspecified atom stereocenters. The lowest BCUT2D eigenvalue weighted by Gasteiger charge is -2.23. The number of hydrogen-bond acceptors (Lipinski definition) is 1. The normalized spacial score (nSPS) is 16.9. The molecule has 0 aliphatic heterocycles. The number of nitrogens with one attached hydrogen (secondary N) is 2. The summed E-state index contributed by atoms with van der Waals surface area (Å²) in [5, 5.41) is 7.66. The van der Waals surface area contributed by atoms with Crippen molar-refractivity contribution in [3.05, 3.63) is 27.7 Å². The van der Waals surface area contributed by atoms with Gasteiger partial charge in [-0.25, -0.2) is 0 Å². The molecule has 1 saturated carbocycles. The van der Waals surface area contributed by atoms with Crippen molar-refractivity contribution in [3.63, 3.8) is 0 Å². The highest BCUT2D eigenvalue weighted by molar-refractivity contribution is 9.10. The van der Waals surface area contributed by atoms with Gasteiger partial charge in [-0.2, -0.15) is 0 Å². The molecule has 0 radical (unpaired) electrons. The summed E-state index contributed by atoms with van der Waals surface area (Å²) in [6.07, 6.45) is 9.23. The zero-order valence-electron chi connectivity index (χ0n) is 13.0. The Bertz CT molecular complexity index is 471. The van der Waals surface area contributed by atoms with Crippen molar-refractivity contribution in [2.45, 2.75) is 64.8 Å². The van der Waals surface area contributed by atoms with E-state index in [0.29, 0.717) is 6.04 Å². The molecule has 21 heavy (non-hydrogen) atoms. The van der Waals surface area contributed by atoms with Gasteiger partial charge in [-0.05, 0) is 62.2 Å². The first-order chi connectivity index (χ1) is 10.1. The van der Waals surface area contributed by atoms with Crippen LogP contribution in [-0.2, 0) is 0 Å². The molecule has 1 aliphatic carbocycles. The number of rotatable bonds is 2. The van der Waals surface area contributed by atoms with Crippen LogP contribution >= 0.6 is 28.1 Å². The summed E-state index contributed by atoms with van der Waals surface area (Å²) in [6, 6.07) is 4.77. The first kappa shape index (κ1) is 16.8. The Hall–Kier alpha value is -0.610. The molecule has 1 aromatic rings. The molecule has 2 N–H and O–H groups in total. The molecule has 1 aromatic carbocycles. The van der Waals surface area contributed by atoms with Crippen LogP contribution in [0.3, 0.4) is 0 Å². The molecule has 0 saturated heterocycles. The molecule has 1 aliphatic rings. The van der Waals surface area contributed by atoms with Gasteiger partial charge in [-0.15, -0.1) is 0 Å². The van der Waals surface area contributed by atoms with Crippen molar-refractivity contribution in [2.75, 3.05) is 5.32 Å². The SMILES string of the molecule is Cc1cc(Br)cc(C)c1NC(=S)NC1CCCCCCC1. The van der Waals surface area contributed by atoms with E-state index in [1.165, 1.54) is 56.1 Å². The van der Waals surface area contributed by atoms with Crippen molar-refractivity contribution in [1.29, 1.82) is 0 Å². The summed E-state index contributed by atoms with van der Waals surface area (Å²) in [4.78, 5) is 0. The molecular formula is C17H25BrN2S. The molecule has 2 nitrogen and oxygen atoms in total. The van der Waals surface area contributed by atoms with Gasteiger partial charge in [0.15, 0.2) is 5.11 Å². The Labute approximate surface area is 142 Å². The van der Waals surface area contributed by atoms with Crippen molar-refractivity contribution in [2.24, 2.45) is 0 Å². The van der Waals surface area contributed by atoms with Gasteiger partial charge in [0.2, 0.25) is 0 Å². The lowest BCUT2D eigenvalue weighted by Crippen LogP contribution is -2.38. The van der Waals surface area contributed by atoms with E-state index in [9.17, 15) is 0 Å². The molecule has 2 rings (SSSR count). The standard InChI is InChI=1S/C17H25BrN2S/c1-12-10-14(18)11-13(2)16(12)20-17(21)19-15-8-6-4-3-5-7-9-15/h10-11,15H,3-9H2,1-2H3,(H2,19,20,21). The molecule has 0 amide bonds. The largest absolute Gasteiger partial charge is 0.360 e. The van der Waals surface area contributed by atoms with Gasteiger partial charge in [-0.3, -0.25) is 0 Å². The van der Waals surface area contributed by atoms with Crippen molar-refractivity contribution >= 4 is 38.9 Å². The summed E-state index contributed by atoms with van der Waals surface area (Å²) in [5.74, 6) is 0. The zero-order valence-corrected chi connectivity index (χ0v) is 15.4. The highest BCUT2D eigenvalue weighted by atomic mass is 79.9. The third-order valence-electron chi connectivity index (χ3n) is 4.18. The van der Waals surface area contributed by atoms with E-state index < -0.39 is 0 Å². The fourth-order valence-corrected chi connectivity index (χ4v) is 4.00. The number of benzene rings is 1. The average Bonchev–Trinajstić information content (AvgIpc) is 2.37. The Kier molecular flexibility index (Phi) is 6.49. The van der Waals surface area contributed by atoms with Crippen LogP contribution in [0, 0.1) is 13.8 Å². The third-order valence-corrected chi connectivity index (χ3v) is 4.85. The number of thiocarbonyl (C=S) groups is 1. The van der Waals surface area contributed by atoms with Crippen LogP contribution in [-0.4, -0.2) is 11.2 Å². The average molecular weight is 369 g/mol. The number of aryl methyl sites for hydroxylation is 2. The highest BCUT2D eigenvalue weighted by Gasteiger charge is 2.13. The summed E-state index contributed by atoms with van der Waals surface area (Å²) >= 11 is 9.05. The van der Waals surface area contributed by atoms with E-state index in [0.717, 1.165) is 15.3 Å². The highest BCUT2D eigenvalue weighted by Crippen LogP contribution is 2.25. The van der Waals surface area contributed by atoms with E-state index in [2.05, 4.69) is 52.5 Å². The van der Waals surface area contributed by atoms with Gasteiger partial charge in [-0.1, -0.05) is 48.0 Å². The van der Waals surface area contributed by atoms with Crippen LogP contribution in [0.1, 0.15) is 56.1 Å². The summed E-state index contributed by atoms with van der Waals surface area (Å²) < 4.78 is 1.11. The fourth-order valence-electron chi connectivity index (χ4n) is 3.04.